The molecular weight excluding hydrogens is 176 g/mol. The van der Waals surface area contributed by atoms with Crippen LogP contribution in [0.3, 0.4) is 0 Å². The van der Waals surface area contributed by atoms with Gasteiger partial charge in [-0.25, -0.2) is 4.79 Å². The van der Waals surface area contributed by atoms with Crippen molar-refractivity contribution >= 4 is 17.3 Å². The van der Waals surface area contributed by atoms with Crippen molar-refractivity contribution < 1.29 is 14.6 Å². The summed E-state index contributed by atoms with van der Waals surface area (Å²) in [6.45, 7) is 1.93. The van der Waals surface area contributed by atoms with Crippen LogP contribution in [0, 0.1) is 6.92 Å². The van der Waals surface area contributed by atoms with Gasteiger partial charge in [-0.15, -0.1) is 11.3 Å². The smallest absolute Gasteiger partial charge is 0.338 e. The molecule has 0 aromatic carbocycles. The Bertz CT molecular complexity index is 280. The molecule has 3 nitrogen and oxygen atoms in total. The number of carboxylic acids is 1. The van der Waals surface area contributed by atoms with Crippen molar-refractivity contribution in [3.05, 3.63) is 21.9 Å². The summed E-state index contributed by atoms with van der Waals surface area (Å²) in [5, 5.41) is 8.72. The van der Waals surface area contributed by atoms with Gasteiger partial charge in [0, 0.05) is 16.9 Å². The van der Waals surface area contributed by atoms with Crippen LogP contribution in [0.1, 0.15) is 15.9 Å². The Morgan fingerprint density at radius 1 is 1.67 bits per heavy atom. The van der Waals surface area contributed by atoms with Gasteiger partial charge < -0.3 is 9.84 Å². The average Bonchev–Trinajstić information content (AvgIpc) is 2.37. The fourth-order valence-corrected chi connectivity index (χ4v) is 1.88. The topological polar surface area (TPSA) is 46.5 Å². The molecule has 1 unspecified atom stereocenters. The molecule has 0 radical (unpaired) electrons. The van der Waals surface area contributed by atoms with E-state index in [-0.39, 0.29) is 0 Å². The second kappa shape index (κ2) is 3.69. The van der Waals surface area contributed by atoms with Crippen molar-refractivity contribution in [1.29, 1.82) is 0 Å². The van der Waals surface area contributed by atoms with Crippen molar-refractivity contribution in [1.82, 2.24) is 0 Å². The van der Waals surface area contributed by atoms with Crippen molar-refractivity contribution in [2.24, 2.45) is 0 Å². The molecule has 0 bridgehead atoms. The van der Waals surface area contributed by atoms with Crippen molar-refractivity contribution in [2.75, 3.05) is 7.11 Å². The predicted molar refractivity (Wildman–Crippen MR) is 46.4 cm³/mol. The van der Waals surface area contributed by atoms with Crippen LogP contribution in [0.15, 0.2) is 12.1 Å². The predicted octanol–water partition coefficient (Wildman–Crippen LogP) is 1.83. The van der Waals surface area contributed by atoms with E-state index in [1.807, 2.05) is 13.0 Å². The number of hydrogen-bond acceptors (Lipinski definition) is 3. The first-order valence-electron chi connectivity index (χ1n) is 3.47. The number of thiophene rings is 1. The maximum absolute atomic E-state index is 10.6. The molecule has 66 valence electrons. The molecule has 0 saturated carbocycles. The van der Waals surface area contributed by atoms with E-state index in [4.69, 9.17) is 9.84 Å². The van der Waals surface area contributed by atoms with Gasteiger partial charge in [0.2, 0.25) is 0 Å². The van der Waals surface area contributed by atoms with Crippen LogP contribution in [0.2, 0.25) is 0 Å². The monoisotopic (exact) mass is 186 g/mol. The highest BCUT2D eigenvalue weighted by molar-refractivity contribution is 7.12. The lowest BCUT2D eigenvalue weighted by Crippen LogP contribution is -2.11. The Labute approximate surface area is 74.6 Å². The van der Waals surface area contributed by atoms with Gasteiger partial charge in [-0.2, -0.15) is 0 Å². The van der Waals surface area contributed by atoms with E-state index in [9.17, 15) is 4.79 Å². The summed E-state index contributed by atoms with van der Waals surface area (Å²) in [5.41, 5.74) is 0. The van der Waals surface area contributed by atoms with Crippen LogP contribution in [0.4, 0.5) is 0 Å². The number of hydrogen-bond donors (Lipinski definition) is 1. The van der Waals surface area contributed by atoms with E-state index >= 15 is 0 Å². The molecule has 1 aromatic heterocycles. The van der Waals surface area contributed by atoms with E-state index in [2.05, 4.69) is 0 Å². The maximum Gasteiger partial charge on any atom is 0.338 e. The highest BCUT2D eigenvalue weighted by Gasteiger charge is 2.19. The highest BCUT2D eigenvalue weighted by atomic mass is 32.1. The normalized spacial score (nSPS) is 12.8. The number of methoxy groups -OCH3 is 1. The van der Waals surface area contributed by atoms with E-state index in [0.29, 0.717) is 0 Å². The van der Waals surface area contributed by atoms with Crippen LogP contribution >= 0.6 is 11.3 Å². The van der Waals surface area contributed by atoms with Gasteiger partial charge in [0.15, 0.2) is 6.10 Å². The molecule has 1 N–H and O–H groups in total. The summed E-state index contributed by atoms with van der Waals surface area (Å²) in [7, 11) is 1.40. The van der Waals surface area contributed by atoms with Gasteiger partial charge in [-0.1, -0.05) is 0 Å². The fourth-order valence-electron chi connectivity index (χ4n) is 0.933. The first-order valence-corrected chi connectivity index (χ1v) is 4.28. The van der Waals surface area contributed by atoms with E-state index in [1.165, 1.54) is 18.4 Å². The minimum Gasteiger partial charge on any atom is -0.479 e. The van der Waals surface area contributed by atoms with Crippen molar-refractivity contribution in [3.8, 4) is 0 Å². The van der Waals surface area contributed by atoms with E-state index in [1.54, 1.807) is 6.07 Å². The summed E-state index contributed by atoms with van der Waals surface area (Å²) in [5.74, 6) is -0.945. The number of ether oxygens (including phenoxy) is 1. The van der Waals surface area contributed by atoms with Crippen LogP contribution in [0.25, 0.3) is 0 Å². The molecule has 1 heterocycles. The third kappa shape index (κ3) is 1.84. The van der Waals surface area contributed by atoms with Gasteiger partial charge in [0.25, 0.3) is 0 Å². The molecular formula is C8H10O3S. The SMILES string of the molecule is COC(C(=O)O)c1ccc(C)s1. The lowest BCUT2D eigenvalue weighted by molar-refractivity contribution is -0.148. The third-order valence-corrected chi connectivity index (χ3v) is 2.52. The molecule has 0 saturated heterocycles. The maximum atomic E-state index is 10.6. The number of carboxylic acid groups (broad SMARTS) is 1. The molecule has 1 atom stereocenters. The van der Waals surface area contributed by atoms with E-state index < -0.39 is 12.1 Å². The van der Waals surface area contributed by atoms with Gasteiger partial charge in [0.1, 0.15) is 0 Å². The fraction of sp³-hybridized carbons (Fsp3) is 0.375. The molecule has 4 heteroatoms. The second-order valence-corrected chi connectivity index (χ2v) is 3.72. The summed E-state index contributed by atoms with van der Waals surface area (Å²) < 4.78 is 4.82. The van der Waals surface area contributed by atoms with Crippen LogP contribution in [-0.4, -0.2) is 18.2 Å². The molecule has 1 aromatic rings. The minimum atomic E-state index is -0.945. The summed E-state index contributed by atoms with van der Waals surface area (Å²) in [6.07, 6.45) is -0.816. The Morgan fingerprint density at radius 3 is 2.67 bits per heavy atom. The minimum absolute atomic E-state index is 0.738. The Hall–Kier alpha value is -0.870. The Morgan fingerprint density at radius 2 is 2.33 bits per heavy atom. The van der Waals surface area contributed by atoms with Crippen molar-refractivity contribution in [3.63, 3.8) is 0 Å². The zero-order chi connectivity index (χ0) is 9.14. The molecule has 0 aliphatic rings. The lowest BCUT2D eigenvalue weighted by Gasteiger charge is -2.06. The zero-order valence-corrected chi connectivity index (χ0v) is 7.72. The summed E-state index contributed by atoms with van der Waals surface area (Å²) in [4.78, 5) is 12.5. The van der Waals surface area contributed by atoms with Crippen LogP contribution in [-0.2, 0) is 9.53 Å². The molecule has 1 rings (SSSR count). The Balaban J connectivity index is 2.87. The molecule has 12 heavy (non-hydrogen) atoms. The second-order valence-electron chi connectivity index (χ2n) is 2.40. The summed E-state index contributed by atoms with van der Waals surface area (Å²) in [6, 6.07) is 3.66. The quantitative estimate of drug-likeness (QED) is 0.783. The molecule has 0 aliphatic carbocycles. The first-order chi connectivity index (χ1) is 5.65. The highest BCUT2D eigenvalue weighted by Crippen LogP contribution is 2.24. The largest absolute Gasteiger partial charge is 0.479 e. The van der Waals surface area contributed by atoms with Crippen molar-refractivity contribution in [2.45, 2.75) is 13.0 Å². The van der Waals surface area contributed by atoms with E-state index in [0.717, 1.165) is 9.75 Å². The molecule has 0 spiro atoms. The van der Waals surface area contributed by atoms with Gasteiger partial charge >= 0.3 is 5.97 Å². The number of carbonyl (C=O) groups is 1. The van der Waals surface area contributed by atoms with Gasteiger partial charge in [-0.3, -0.25) is 0 Å². The first kappa shape index (κ1) is 9.22. The zero-order valence-electron chi connectivity index (χ0n) is 6.90. The average molecular weight is 186 g/mol. The van der Waals surface area contributed by atoms with Gasteiger partial charge in [0.05, 0.1) is 0 Å². The van der Waals surface area contributed by atoms with Gasteiger partial charge in [-0.05, 0) is 19.1 Å². The summed E-state index contributed by atoms with van der Waals surface area (Å²) >= 11 is 1.44. The number of aryl methyl sites for hydroxylation is 1. The lowest BCUT2D eigenvalue weighted by atomic mass is 10.3. The standard InChI is InChI=1S/C8H10O3S/c1-5-3-4-6(12-5)7(11-2)8(9)10/h3-4,7H,1-2H3,(H,9,10). The Kier molecular flexibility index (Phi) is 2.83. The number of aliphatic carboxylic acids is 1. The van der Waals surface area contributed by atoms with Crippen LogP contribution < -0.4 is 0 Å². The molecule has 0 aliphatic heterocycles. The number of rotatable bonds is 3. The van der Waals surface area contributed by atoms with Crippen LogP contribution in [0.5, 0.6) is 0 Å². The molecule has 0 amide bonds. The third-order valence-electron chi connectivity index (χ3n) is 1.48. The molecule has 0 fully saturated rings.